The first kappa shape index (κ1) is 33.4. The summed E-state index contributed by atoms with van der Waals surface area (Å²) in [6.45, 7) is 10.6. The lowest BCUT2D eigenvalue weighted by Crippen LogP contribution is -2.41. The van der Waals surface area contributed by atoms with E-state index >= 15 is 0 Å². The molecule has 2 aliphatic rings. The van der Waals surface area contributed by atoms with Crippen molar-refractivity contribution in [1.29, 1.82) is 5.26 Å². The third-order valence-electron chi connectivity index (χ3n) is 8.91. The Morgan fingerprint density at radius 3 is 2.29 bits per heavy atom. The Morgan fingerprint density at radius 1 is 0.854 bits per heavy atom. The van der Waals surface area contributed by atoms with E-state index < -0.39 is 0 Å². The van der Waals surface area contributed by atoms with E-state index in [-0.39, 0.29) is 12.5 Å². The molecule has 2 aliphatic heterocycles. The molecule has 0 aliphatic carbocycles. The maximum Gasteiger partial charge on any atom is 0.254 e. The highest BCUT2D eigenvalue weighted by Gasteiger charge is 2.22. The molecular weight excluding hydrogens is 628 g/mol. The number of rotatable bonds is 10. The summed E-state index contributed by atoms with van der Waals surface area (Å²) in [6, 6.07) is 19.7. The molecule has 3 heterocycles. The van der Waals surface area contributed by atoms with Crippen LogP contribution in [0.4, 0.5) is 0 Å². The molecule has 0 radical (unpaired) electrons. The van der Waals surface area contributed by atoms with Crippen LogP contribution in [0, 0.1) is 25.2 Å². The molecule has 0 unspecified atom stereocenters. The maximum absolute atomic E-state index is 13.4. The molecule has 0 atom stereocenters. The predicted molar refractivity (Wildman–Crippen MR) is 183 cm³/mol. The van der Waals surface area contributed by atoms with E-state index in [0.717, 1.165) is 52.0 Å². The fourth-order valence-electron chi connectivity index (χ4n) is 6.12. The Bertz CT molecular complexity index is 1810. The molecule has 2 saturated heterocycles. The lowest BCUT2D eigenvalue weighted by molar-refractivity contribution is 0.0302. The Balaban J connectivity index is 1.23. The quantitative estimate of drug-likeness (QED) is 0.193. The molecule has 2 fully saturated rings. The summed E-state index contributed by atoms with van der Waals surface area (Å²) < 4.78 is 23.7. The average Bonchev–Trinajstić information content (AvgIpc) is 3.12. The van der Waals surface area contributed by atoms with E-state index in [2.05, 4.69) is 35.0 Å². The van der Waals surface area contributed by atoms with Crippen LogP contribution in [0.25, 0.3) is 11.1 Å². The highest BCUT2D eigenvalue weighted by molar-refractivity contribution is 6.32. The molecule has 10 heteroatoms. The molecule has 0 spiro atoms. The molecule has 0 N–H and O–H groups in total. The van der Waals surface area contributed by atoms with Crippen molar-refractivity contribution >= 4 is 17.5 Å². The van der Waals surface area contributed by atoms with Crippen molar-refractivity contribution in [3.05, 3.63) is 111 Å². The van der Waals surface area contributed by atoms with Gasteiger partial charge in [0.2, 0.25) is 0 Å². The number of nitriles is 1. The molecule has 4 aromatic rings. The highest BCUT2D eigenvalue weighted by Crippen LogP contribution is 2.36. The number of hydrogen-bond donors (Lipinski definition) is 0. The molecule has 248 valence electrons. The summed E-state index contributed by atoms with van der Waals surface area (Å²) in [6.07, 6.45) is 3.23. The van der Waals surface area contributed by atoms with Gasteiger partial charge in [-0.2, -0.15) is 5.26 Å². The normalized spacial score (nSPS) is 15.2. The largest absolute Gasteiger partial charge is 0.488 e. The minimum atomic E-state index is 0.0357. The van der Waals surface area contributed by atoms with Gasteiger partial charge in [-0.05, 0) is 59.9 Å². The van der Waals surface area contributed by atoms with Crippen LogP contribution in [0.5, 0.6) is 11.5 Å². The summed E-state index contributed by atoms with van der Waals surface area (Å²) in [5, 5.41) is 9.79. The van der Waals surface area contributed by atoms with Crippen molar-refractivity contribution in [2.75, 3.05) is 52.6 Å². The number of carbonyl (C=O) groups excluding carboxylic acids is 1. The number of carbonyl (C=O) groups is 1. The fourth-order valence-corrected chi connectivity index (χ4v) is 6.36. The molecule has 48 heavy (non-hydrogen) atoms. The summed E-state index contributed by atoms with van der Waals surface area (Å²) in [5.74, 6) is 1.21. The molecule has 0 saturated carbocycles. The second-order valence-corrected chi connectivity index (χ2v) is 12.4. The van der Waals surface area contributed by atoms with E-state index in [0.29, 0.717) is 80.3 Å². The van der Waals surface area contributed by atoms with Gasteiger partial charge < -0.3 is 23.8 Å². The number of benzene rings is 3. The summed E-state index contributed by atoms with van der Waals surface area (Å²) in [5.41, 5.74) is 8.02. The van der Waals surface area contributed by atoms with Gasteiger partial charge >= 0.3 is 0 Å². The summed E-state index contributed by atoms with van der Waals surface area (Å²) >= 11 is 6.83. The zero-order valence-electron chi connectivity index (χ0n) is 27.3. The second-order valence-electron chi connectivity index (χ2n) is 12.0. The minimum absolute atomic E-state index is 0.0357. The lowest BCUT2D eigenvalue weighted by Gasteiger charge is -2.28. The van der Waals surface area contributed by atoms with Crippen LogP contribution in [-0.4, -0.2) is 73.3 Å². The zero-order chi connectivity index (χ0) is 33.5. The zero-order valence-corrected chi connectivity index (χ0v) is 28.1. The van der Waals surface area contributed by atoms with Crippen LogP contribution in [0.3, 0.4) is 0 Å². The number of halogens is 1. The molecule has 1 amide bonds. The average molecular weight is 667 g/mol. The van der Waals surface area contributed by atoms with Gasteiger partial charge in [0.25, 0.3) is 5.91 Å². The van der Waals surface area contributed by atoms with Crippen LogP contribution in [0.1, 0.15) is 43.7 Å². The lowest BCUT2D eigenvalue weighted by atomic mass is 9.91. The number of amides is 1. The van der Waals surface area contributed by atoms with Gasteiger partial charge in [0, 0.05) is 67.9 Å². The third kappa shape index (κ3) is 7.80. The van der Waals surface area contributed by atoms with Gasteiger partial charge in [-0.15, -0.1) is 0 Å². The number of nitrogens with zero attached hydrogens (tertiary/aromatic N) is 4. The molecule has 3 aromatic carbocycles. The van der Waals surface area contributed by atoms with E-state index in [4.69, 9.17) is 30.5 Å². The Morgan fingerprint density at radius 2 is 1.54 bits per heavy atom. The standard InChI is InChI=1S/C38H39ClN4O5/c1-26-30(5-3-6-32(26)33-7-4-8-34(27(33)2)38(44)43-11-15-46-16-12-43)25-48-37-19-36(47-24-29-17-28(20-40)21-41-22-29)31(18-35(37)39)23-42-9-13-45-14-10-42/h3-8,17-19,21-22H,9-16,23-25H2,1-2H3. The number of aromatic nitrogens is 1. The van der Waals surface area contributed by atoms with Gasteiger partial charge in [0.1, 0.15) is 30.8 Å². The molecular formula is C38H39ClN4O5. The second kappa shape index (κ2) is 15.6. The Labute approximate surface area is 286 Å². The number of morpholine rings is 2. The van der Waals surface area contributed by atoms with Gasteiger partial charge in [-0.3, -0.25) is 14.7 Å². The number of ether oxygens (including phenoxy) is 4. The van der Waals surface area contributed by atoms with Crippen molar-refractivity contribution < 1.29 is 23.7 Å². The first-order valence-electron chi connectivity index (χ1n) is 16.2. The van der Waals surface area contributed by atoms with Gasteiger partial charge in [-0.1, -0.05) is 41.9 Å². The maximum atomic E-state index is 13.4. The molecule has 9 nitrogen and oxygen atoms in total. The molecule has 0 bridgehead atoms. The van der Waals surface area contributed by atoms with Crippen molar-refractivity contribution in [1.82, 2.24) is 14.8 Å². The number of pyridine rings is 1. The van der Waals surface area contributed by atoms with Crippen molar-refractivity contribution in [2.45, 2.75) is 33.6 Å². The predicted octanol–water partition coefficient (Wildman–Crippen LogP) is 6.35. The van der Waals surface area contributed by atoms with Crippen molar-refractivity contribution in [3.63, 3.8) is 0 Å². The SMILES string of the molecule is Cc1c(COc2cc(OCc3cncc(C#N)c3)c(CN3CCOCC3)cc2Cl)cccc1-c1cccc(C(=O)N2CCOCC2)c1C. The first-order chi connectivity index (χ1) is 23.4. The van der Waals surface area contributed by atoms with Crippen LogP contribution in [-0.2, 0) is 29.2 Å². The molecule has 6 rings (SSSR count). The Hall–Kier alpha value is -4.46. The monoisotopic (exact) mass is 666 g/mol. The van der Waals surface area contributed by atoms with Gasteiger partial charge in [0.05, 0.1) is 37.0 Å². The van der Waals surface area contributed by atoms with Gasteiger partial charge in [0.15, 0.2) is 0 Å². The van der Waals surface area contributed by atoms with E-state index in [1.807, 2.05) is 48.2 Å². The minimum Gasteiger partial charge on any atom is -0.488 e. The van der Waals surface area contributed by atoms with E-state index in [1.165, 1.54) is 6.20 Å². The fraction of sp³-hybridized carbons (Fsp3) is 0.342. The molecule has 1 aromatic heterocycles. The first-order valence-corrected chi connectivity index (χ1v) is 16.6. The summed E-state index contributed by atoms with van der Waals surface area (Å²) in [7, 11) is 0. The van der Waals surface area contributed by atoms with Crippen LogP contribution < -0.4 is 9.47 Å². The van der Waals surface area contributed by atoms with Crippen molar-refractivity contribution in [2.24, 2.45) is 0 Å². The third-order valence-corrected chi connectivity index (χ3v) is 9.21. The smallest absolute Gasteiger partial charge is 0.254 e. The Kier molecular flexibility index (Phi) is 10.9. The van der Waals surface area contributed by atoms with E-state index in [9.17, 15) is 10.1 Å². The van der Waals surface area contributed by atoms with Gasteiger partial charge in [-0.25, -0.2) is 0 Å². The highest BCUT2D eigenvalue weighted by atomic mass is 35.5. The van der Waals surface area contributed by atoms with Crippen molar-refractivity contribution in [3.8, 4) is 28.7 Å². The van der Waals surface area contributed by atoms with E-state index in [1.54, 1.807) is 12.3 Å². The summed E-state index contributed by atoms with van der Waals surface area (Å²) in [4.78, 5) is 21.7. The van der Waals surface area contributed by atoms with Crippen LogP contribution >= 0.6 is 11.6 Å². The van der Waals surface area contributed by atoms with Crippen LogP contribution in [0.2, 0.25) is 5.02 Å². The van der Waals surface area contributed by atoms with Crippen LogP contribution in [0.15, 0.2) is 67.0 Å². The topological polar surface area (TPSA) is 97.2 Å². The number of hydrogen-bond acceptors (Lipinski definition) is 8.